The van der Waals surface area contributed by atoms with Crippen molar-refractivity contribution in [2.45, 2.75) is 19.1 Å². The zero-order chi connectivity index (χ0) is 18.0. The van der Waals surface area contributed by atoms with Gasteiger partial charge in [0.1, 0.15) is 17.8 Å². The Balaban J connectivity index is 1.89. The SMILES string of the molecule is CC1C=CON1c1ccc(-c2ccccc2OCC(F)(F)F)c(N)n1. The van der Waals surface area contributed by atoms with Crippen LogP contribution in [0.15, 0.2) is 48.7 Å². The van der Waals surface area contributed by atoms with Gasteiger partial charge in [-0.1, -0.05) is 18.2 Å². The molecule has 2 heterocycles. The molecule has 0 saturated carbocycles. The predicted molar refractivity (Wildman–Crippen MR) is 87.8 cm³/mol. The number of para-hydroxylation sites is 1. The third kappa shape index (κ3) is 3.78. The van der Waals surface area contributed by atoms with Gasteiger partial charge in [0.25, 0.3) is 0 Å². The van der Waals surface area contributed by atoms with Crippen LogP contribution in [0, 0.1) is 0 Å². The highest BCUT2D eigenvalue weighted by molar-refractivity contribution is 5.79. The molecule has 132 valence electrons. The number of nitrogens with zero attached hydrogens (tertiary/aromatic N) is 2. The van der Waals surface area contributed by atoms with Gasteiger partial charge in [-0.2, -0.15) is 18.2 Å². The number of aromatic nitrogens is 1. The molecule has 1 aliphatic rings. The molecule has 3 rings (SSSR count). The third-order valence-corrected chi connectivity index (χ3v) is 3.61. The fourth-order valence-electron chi connectivity index (χ4n) is 2.44. The number of nitrogens with two attached hydrogens (primary N) is 1. The van der Waals surface area contributed by atoms with E-state index in [4.69, 9.17) is 15.3 Å². The van der Waals surface area contributed by atoms with Gasteiger partial charge < -0.3 is 15.3 Å². The lowest BCUT2D eigenvalue weighted by Crippen LogP contribution is -2.26. The number of hydroxylamine groups is 1. The van der Waals surface area contributed by atoms with E-state index in [1.165, 1.54) is 6.07 Å². The van der Waals surface area contributed by atoms with Crippen LogP contribution in [0.5, 0.6) is 5.75 Å². The number of pyridine rings is 1. The minimum absolute atomic E-state index is 0.000144. The molecule has 1 aliphatic heterocycles. The summed E-state index contributed by atoms with van der Waals surface area (Å²) in [6.07, 6.45) is -1.01. The van der Waals surface area contributed by atoms with Crippen molar-refractivity contribution >= 4 is 11.6 Å². The van der Waals surface area contributed by atoms with Crippen LogP contribution >= 0.6 is 0 Å². The molecule has 0 bridgehead atoms. The number of ether oxygens (including phenoxy) is 1. The molecule has 0 radical (unpaired) electrons. The van der Waals surface area contributed by atoms with E-state index in [0.717, 1.165) is 0 Å². The van der Waals surface area contributed by atoms with Crippen molar-refractivity contribution in [1.29, 1.82) is 0 Å². The maximum absolute atomic E-state index is 12.4. The van der Waals surface area contributed by atoms with Gasteiger partial charge in [0.15, 0.2) is 12.4 Å². The number of halogens is 3. The van der Waals surface area contributed by atoms with E-state index in [-0.39, 0.29) is 17.6 Å². The molecule has 1 aromatic heterocycles. The van der Waals surface area contributed by atoms with Crippen LogP contribution in [0.4, 0.5) is 24.8 Å². The standard InChI is InChI=1S/C17H16F3N3O2/c1-11-8-9-25-23(11)15-7-6-13(16(21)22-15)12-4-2-3-5-14(12)24-10-17(18,19)20/h2-9,11H,10H2,1H3,(H2,21,22). The number of alkyl halides is 3. The summed E-state index contributed by atoms with van der Waals surface area (Å²) in [4.78, 5) is 9.63. The highest BCUT2D eigenvalue weighted by atomic mass is 19.4. The Labute approximate surface area is 142 Å². The second-order valence-electron chi connectivity index (χ2n) is 5.50. The predicted octanol–water partition coefficient (Wildman–Crippen LogP) is 3.93. The van der Waals surface area contributed by atoms with Crippen LogP contribution in [-0.2, 0) is 4.84 Å². The van der Waals surface area contributed by atoms with Gasteiger partial charge >= 0.3 is 6.18 Å². The minimum atomic E-state index is -4.42. The second kappa shape index (κ2) is 6.54. The van der Waals surface area contributed by atoms with Crippen LogP contribution in [0.3, 0.4) is 0 Å². The molecule has 0 fully saturated rings. The highest BCUT2D eigenvalue weighted by Gasteiger charge is 2.29. The lowest BCUT2D eigenvalue weighted by molar-refractivity contribution is -0.153. The van der Waals surface area contributed by atoms with Crippen molar-refractivity contribution in [3.8, 4) is 16.9 Å². The Morgan fingerprint density at radius 2 is 1.96 bits per heavy atom. The zero-order valence-corrected chi connectivity index (χ0v) is 13.3. The van der Waals surface area contributed by atoms with E-state index in [2.05, 4.69) is 4.98 Å². The molecule has 0 spiro atoms. The van der Waals surface area contributed by atoms with E-state index in [1.807, 2.05) is 13.0 Å². The molecular formula is C17H16F3N3O2. The van der Waals surface area contributed by atoms with Crippen LogP contribution in [0.25, 0.3) is 11.1 Å². The van der Waals surface area contributed by atoms with Gasteiger partial charge in [-0.05, 0) is 31.2 Å². The number of rotatable bonds is 4. The first kappa shape index (κ1) is 16.9. The molecule has 0 amide bonds. The van der Waals surface area contributed by atoms with E-state index >= 15 is 0 Å². The number of hydrogen-bond acceptors (Lipinski definition) is 5. The van der Waals surface area contributed by atoms with Crippen LogP contribution in [-0.4, -0.2) is 23.8 Å². The molecular weight excluding hydrogens is 335 g/mol. The van der Waals surface area contributed by atoms with Crippen molar-refractivity contribution in [3.05, 3.63) is 48.7 Å². The number of anilines is 2. The van der Waals surface area contributed by atoms with Gasteiger partial charge in [-0.3, -0.25) is 0 Å². The fourth-order valence-corrected chi connectivity index (χ4v) is 2.44. The van der Waals surface area contributed by atoms with Gasteiger partial charge in [0, 0.05) is 11.1 Å². The topological polar surface area (TPSA) is 60.6 Å². The quantitative estimate of drug-likeness (QED) is 0.904. The Morgan fingerprint density at radius 3 is 2.60 bits per heavy atom. The molecule has 8 heteroatoms. The lowest BCUT2D eigenvalue weighted by atomic mass is 10.1. The van der Waals surface area contributed by atoms with Crippen molar-refractivity contribution in [1.82, 2.24) is 4.98 Å². The normalized spacial score (nSPS) is 16.8. The molecule has 0 aliphatic carbocycles. The first-order chi connectivity index (χ1) is 11.8. The largest absolute Gasteiger partial charge is 0.483 e. The number of benzene rings is 1. The summed E-state index contributed by atoms with van der Waals surface area (Å²) >= 11 is 0. The monoisotopic (exact) mass is 351 g/mol. The highest BCUT2D eigenvalue weighted by Crippen LogP contribution is 2.35. The molecule has 1 atom stereocenters. The summed E-state index contributed by atoms with van der Waals surface area (Å²) in [5, 5.41) is 1.58. The summed E-state index contributed by atoms with van der Waals surface area (Å²) in [5.41, 5.74) is 6.95. The van der Waals surface area contributed by atoms with Crippen molar-refractivity contribution < 1.29 is 22.7 Å². The Kier molecular flexibility index (Phi) is 4.43. The second-order valence-corrected chi connectivity index (χ2v) is 5.50. The molecule has 1 aromatic carbocycles. The van der Waals surface area contributed by atoms with Gasteiger partial charge in [0.2, 0.25) is 0 Å². The Morgan fingerprint density at radius 1 is 1.20 bits per heavy atom. The van der Waals surface area contributed by atoms with Crippen LogP contribution in [0.1, 0.15) is 6.92 Å². The summed E-state index contributed by atoms with van der Waals surface area (Å²) < 4.78 is 42.2. The fraction of sp³-hybridized carbons (Fsp3) is 0.235. The first-order valence-electron chi connectivity index (χ1n) is 7.53. The van der Waals surface area contributed by atoms with E-state index in [1.54, 1.807) is 41.7 Å². The third-order valence-electron chi connectivity index (χ3n) is 3.61. The number of nitrogen functional groups attached to an aromatic ring is 1. The van der Waals surface area contributed by atoms with Crippen LogP contribution in [0.2, 0.25) is 0 Å². The first-order valence-corrected chi connectivity index (χ1v) is 7.53. The number of hydrogen-bond donors (Lipinski definition) is 1. The van der Waals surface area contributed by atoms with E-state index < -0.39 is 12.8 Å². The molecule has 25 heavy (non-hydrogen) atoms. The molecule has 0 saturated heterocycles. The van der Waals surface area contributed by atoms with Crippen molar-refractivity contribution in [2.24, 2.45) is 0 Å². The Hall–Kier alpha value is -2.90. The Bertz CT molecular complexity index is 793. The summed E-state index contributed by atoms with van der Waals surface area (Å²) in [5.74, 6) is 0.768. The maximum atomic E-state index is 12.4. The average molecular weight is 351 g/mol. The van der Waals surface area contributed by atoms with E-state index in [9.17, 15) is 13.2 Å². The van der Waals surface area contributed by atoms with Gasteiger partial charge in [-0.25, -0.2) is 4.98 Å². The van der Waals surface area contributed by atoms with Gasteiger partial charge in [-0.15, -0.1) is 0 Å². The molecule has 5 nitrogen and oxygen atoms in total. The lowest BCUT2D eigenvalue weighted by Gasteiger charge is -2.21. The molecule has 1 unspecified atom stereocenters. The summed E-state index contributed by atoms with van der Waals surface area (Å²) in [7, 11) is 0. The maximum Gasteiger partial charge on any atom is 0.422 e. The zero-order valence-electron chi connectivity index (χ0n) is 13.3. The van der Waals surface area contributed by atoms with Crippen LogP contribution < -0.4 is 15.5 Å². The minimum Gasteiger partial charge on any atom is -0.483 e. The average Bonchev–Trinajstić information content (AvgIpc) is 2.99. The summed E-state index contributed by atoms with van der Waals surface area (Å²) in [6, 6.07) is 9.76. The summed E-state index contributed by atoms with van der Waals surface area (Å²) in [6.45, 7) is 0.551. The molecule has 2 N–H and O–H groups in total. The van der Waals surface area contributed by atoms with E-state index in [0.29, 0.717) is 16.9 Å². The van der Waals surface area contributed by atoms with Gasteiger partial charge in [0.05, 0.1) is 6.04 Å². The van der Waals surface area contributed by atoms with Crippen molar-refractivity contribution in [2.75, 3.05) is 17.4 Å². The smallest absolute Gasteiger partial charge is 0.422 e. The van der Waals surface area contributed by atoms with Crippen molar-refractivity contribution in [3.63, 3.8) is 0 Å². The molecule has 2 aromatic rings.